The zero-order valence-corrected chi connectivity index (χ0v) is 18.0. The maximum atomic E-state index is 12.9. The summed E-state index contributed by atoms with van der Waals surface area (Å²) in [7, 11) is -5.61. The van der Waals surface area contributed by atoms with E-state index in [0.29, 0.717) is 37.7 Å². The van der Waals surface area contributed by atoms with Crippen LogP contribution in [0.5, 0.6) is 0 Å². The van der Waals surface area contributed by atoms with Crippen molar-refractivity contribution in [2.75, 3.05) is 31.2 Å². The van der Waals surface area contributed by atoms with Gasteiger partial charge in [0, 0.05) is 37.7 Å². The molecule has 5 nitrogen and oxygen atoms in total. The molecule has 0 fully saturated rings. The van der Waals surface area contributed by atoms with Crippen LogP contribution in [-0.4, -0.2) is 42.5 Å². The quantitative estimate of drug-likeness (QED) is 0.351. The van der Waals surface area contributed by atoms with Gasteiger partial charge in [-0.05, 0) is 5.56 Å². The van der Waals surface area contributed by atoms with Gasteiger partial charge >= 0.3 is 0 Å². The van der Waals surface area contributed by atoms with E-state index < -0.39 is 21.2 Å². The third-order valence-corrected chi connectivity index (χ3v) is 9.41. The summed E-state index contributed by atoms with van der Waals surface area (Å²) in [6.45, 7) is 10.6. The topological polar surface area (TPSA) is 55.8 Å². The smallest absolute Gasteiger partial charge is 0.231 e. The number of nitrogens with zero attached hydrogens (tertiary/aromatic N) is 1. The molecule has 25 heavy (non-hydrogen) atoms. The van der Waals surface area contributed by atoms with Gasteiger partial charge in [0.1, 0.15) is 0 Å². The Morgan fingerprint density at radius 3 is 1.64 bits per heavy atom. The second-order valence-corrected chi connectivity index (χ2v) is 12.2. The van der Waals surface area contributed by atoms with Crippen LogP contribution in [0.4, 0.5) is 0 Å². The maximum Gasteiger partial charge on any atom is 0.231 e. The lowest BCUT2D eigenvalue weighted by molar-refractivity contribution is -0.116. The van der Waals surface area contributed by atoms with Crippen molar-refractivity contribution in [1.29, 1.82) is 0 Å². The lowest BCUT2D eigenvalue weighted by Crippen LogP contribution is -2.38. The Morgan fingerprint density at radius 2 is 1.28 bits per heavy atom. The molecule has 7 heteroatoms. The van der Waals surface area contributed by atoms with Crippen LogP contribution in [0, 0.1) is 0 Å². The molecule has 0 bridgehead atoms. The first kappa shape index (κ1) is 22.6. The van der Waals surface area contributed by atoms with Crippen molar-refractivity contribution in [3.8, 4) is 0 Å². The van der Waals surface area contributed by atoms with Crippen LogP contribution < -0.4 is 0 Å². The predicted molar refractivity (Wildman–Crippen MR) is 106 cm³/mol. The molecule has 0 spiro atoms. The van der Waals surface area contributed by atoms with E-state index in [9.17, 15) is 9.13 Å². The van der Waals surface area contributed by atoms with Crippen molar-refractivity contribution >= 4 is 14.7 Å². The summed E-state index contributed by atoms with van der Waals surface area (Å²) < 4.78 is 37.7. The fourth-order valence-corrected chi connectivity index (χ4v) is 4.95. The van der Waals surface area contributed by atoms with Crippen LogP contribution in [0.1, 0.15) is 40.2 Å². The Balaban J connectivity index is 3.08. The number of benzene rings is 1. The molecule has 1 rings (SSSR count). The first-order valence-electron chi connectivity index (χ1n) is 9.16. The monoisotopic (exact) mass is 389 g/mol. The van der Waals surface area contributed by atoms with Crippen molar-refractivity contribution in [3.05, 3.63) is 35.9 Å². The minimum absolute atomic E-state index is 0.439. The van der Waals surface area contributed by atoms with Gasteiger partial charge in [-0.25, -0.2) is 0 Å². The SMILES string of the molecule is CCN(Cc1ccccc1)C(OP(=O)(CC)CC)OP(=O)(CC)CC. The van der Waals surface area contributed by atoms with E-state index in [4.69, 9.17) is 9.05 Å². The van der Waals surface area contributed by atoms with Gasteiger partial charge in [-0.2, -0.15) is 0 Å². The van der Waals surface area contributed by atoms with E-state index in [-0.39, 0.29) is 0 Å². The molecule has 0 unspecified atom stereocenters. The van der Waals surface area contributed by atoms with E-state index in [1.54, 1.807) is 0 Å². The average Bonchev–Trinajstić information content (AvgIpc) is 2.66. The molecule has 0 amide bonds. The van der Waals surface area contributed by atoms with Gasteiger partial charge in [0.2, 0.25) is 21.2 Å². The summed E-state index contributed by atoms with van der Waals surface area (Å²) in [4.78, 5) is 1.95. The van der Waals surface area contributed by atoms with Crippen LogP contribution in [0.25, 0.3) is 0 Å². The Kier molecular flexibility index (Phi) is 9.62. The Morgan fingerprint density at radius 1 is 0.840 bits per heavy atom. The van der Waals surface area contributed by atoms with E-state index in [1.807, 2.05) is 69.9 Å². The fourth-order valence-electron chi connectivity index (χ4n) is 2.38. The normalized spacial score (nSPS) is 12.9. The molecule has 144 valence electrons. The first-order chi connectivity index (χ1) is 11.8. The summed E-state index contributed by atoms with van der Waals surface area (Å²) in [6, 6.07) is 9.98. The second kappa shape index (κ2) is 10.6. The van der Waals surface area contributed by atoms with E-state index in [0.717, 1.165) is 5.56 Å². The van der Waals surface area contributed by atoms with Gasteiger partial charge < -0.3 is 0 Å². The second-order valence-electron chi connectivity index (χ2n) is 5.96. The lowest BCUT2D eigenvalue weighted by atomic mass is 10.2. The van der Waals surface area contributed by atoms with Crippen molar-refractivity contribution in [1.82, 2.24) is 4.90 Å². The summed E-state index contributed by atoms with van der Waals surface area (Å²) in [5.41, 5.74) is 1.10. The van der Waals surface area contributed by atoms with E-state index >= 15 is 0 Å². The molecule has 1 aromatic carbocycles. The van der Waals surface area contributed by atoms with Crippen LogP contribution in [-0.2, 0) is 24.7 Å². The molecule has 0 atom stereocenters. The van der Waals surface area contributed by atoms with Crippen LogP contribution in [0.15, 0.2) is 30.3 Å². The molecule has 0 aliphatic rings. The standard InChI is InChI=1S/C18H33NO4P2/c1-6-19(16-17-14-12-11-13-15-17)18(22-24(20,7-2)8-3)23-25(21,9-4)10-5/h11-15,18H,6-10,16H2,1-5H3. The highest BCUT2D eigenvalue weighted by Crippen LogP contribution is 2.53. The van der Waals surface area contributed by atoms with Gasteiger partial charge in [-0.1, -0.05) is 65.0 Å². The Bertz CT molecular complexity index is 550. The third kappa shape index (κ3) is 7.00. The number of rotatable bonds is 12. The average molecular weight is 389 g/mol. The van der Waals surface area contributed by atoms with Crippen molar-refractivity contribution in [3.63, 3.8) is 0 Å². The van der Waals surface area contributed by atoms with Crippen LogP contribution >= 0.6 is 14.7 Å². The molecule has 0 aliphatic heterocycles. The largest absolute Gasteiger partial charge is 0.293 e. The van der Waals surface area contributed by atoms with Crippen molar-refractivity contribution in [2.45, 2.75) is 47.6 Å². The molecule has 0 radical (unpaired) electrons. The summed E-state index contributed by atoms with van der Waals surface area (Å²) >= 11 is 0. The minimum Gasteiger partial charge on any atom is -0.293 e. The van der Waals surface area contributed by atoms with Gasteiger partial charge in [0.05, 0.1) is 0 Å². The molecule has 0 heterocycles. The van der Waals surface area contributed by atoms with E-state index in [2.05, 4.69) is 0 Å². The number of hydrogen-bond donors (Lipinski definition) is 0. The van der Waals surface area contributed by atoms with Gasteiger partial charge in [-0.15, -0.1) is 0 Å². The zero-order chi connectivity index (χ0) is 18.9. The van der Waals surface area contributed by atoms with Crippen LogP contribution in [0.3, 0.4) is 0 Å². The van der Waals surface area contributed by atoms with Gasteiger partial charge in [-0.3, -0.25) is 23.1 Å². The molecular weight excluding hydrogens is 356 g/mol. The van der Waals surface area contributed by atoms with Gasteiger partial charge in [0.25, 0.3) is 0 Å². The highest BCUT2D eigenvalue weighted by atomic mass is 31.2. The summed E-state index contributed by atoms with van der Waals surface area (Å²) in [6.07, 6.45) is 0.898. The summed E-state index contributed by atoms with van der Waals surface area (Å²) in [5.74, 6) is 0. The maximum absolute atomic E-state index is 12.9. The predicted octanol–water partition coefficient (Wildman–Crippen LogP) is 5.46. The molecule has 0 N–H and O–H groups in total. The van der Waals surface area contributed by atoms with Gasteiger partial charge in [0.15, 0.2) is 0 Å². The molecule has 0 aromatic heterocycles. The lowest BCUT2D eigenvalue weighted by Gasteiger charge is -2.34. The van der Waals surface area contributed by atoms with Crippen LogP contribution in [0.2, 0.25) is 0 Å². The fraction of sp³-hybridized carbons (Fsp3) is 0.667. The zero-order valence-electron chi connectivity index (χ0n) is 16.2. The third-order valence-electron chi connectivity index (χ3n) is 4.42. The highest BCUT2D eigenvalue weighted by molar-refractivity contribution is 7.59. The Hall–Kier alpha value is -0.440. The highest BCUT2D eigenvalue weighted by Gasteiger charge is 2.33. The van der Waals surface area contributed by atoms with Crippen molar-refractivity contribution in [2.24, 2.45) is 0 Å². The molecule has 1 aromatic rings. The summed E-state index contributed by atoms with van der Waals surface area (Å²) in [5, 5.41) is 0. The van der Waals surface area contributed by atoms with Crippen molar-refractivity contribution < 1.29 is 18.2 Å². The Labute approximate surface area is 153 Å². The molecule has 0 saturated heterocycles. The van der Waals surface area contributed by atoms with E-state index in [1.165, 1.54) is 0 Å². The molecular formula is C18H33NO4P2. The molecule has 0 aliphatic carbocycles. The molecule has 0 saturated carbocycles. The minimum atomic E-state index is -2.80. The number of hydrogen-bond acceptors (Lipinski definition) is 5. The first-order valence-corrected chi connectivity index (χ1v) is 13.1.